The minimum atomic E-state index is -1.99. The molecule has 5 heterocycles. The number of aryl methyl sites for hydroxylation is 2. The molecule has 2 aliphatic heterocycles. The third-order valence-electron chi connectivity index (χ3n) is 13.9. The molecule has 3 atom stereocenters. The second-order valence-corrected chi connectivity index (χ2v) is 21.6. The van der Waals surface area contributed by atoms with E-state index in [0.717, 1.165) is 38.2 Å². The lowest BCUT2D eigenvalue weighted by Crippen LogP contribution is -2.59. The van der Waals surface area contributed by atoms with Crippen molar-refractivity contribution in [3.8, 4) is 38.8 Å². The number of thiazole rings is 1. The minimum absolute atomic E-state index is 0.00176. The first kappa shape index (κ1) is 56.6. The van der Waals surface area contributed by atoms with Gasteiger partial charge in [0.15, 0.2) is 5.67 Å². The van der Waals surface area contributed by atoms with E-state index in [1.165, 1.54) is 20.8 Å². The summed E-state index contributed by atoms with van der Waals surface area (Å²) in [5, 5.41) is 20.4. The number of benzene rings is 2. The summed E-state index contributed by atoms with van der Waals surface area (Å²) in [5.74, 6) is -0.283. The van der Waals surface area contributed by atoms with Crippen LogP contribution in [-0.2, 0) is 53.5 Å². The van der Waals surface area contributed by atoms with Crippen molar-refractivity contribution in [3.05, 3.63) is 87.7 Å². The van der Waals surface area contributed by atoms with Gasteiger partial charge in [-0.15, -0.1) is 11.3 Å². The number of ether oxygens (including phenoxy) is 6. The Kier molecular flexibility index (Phi) is 18.3. The fourth-order valence-corrected chi connectivity index (χ4v) is 10.3. The first-order chi connectivity index (χ1) is 36.9. The van der Waals surface area contributed by atoms with Crippen LogP contribution in [0.15, 0.2) is 65.3 Å². The molecule has 20 nitrogen and oxygen atoms in total. The molecule has 22 heteroatoms. The summed E-state index contributed by atoms with van der Waals surface area (Å²) >= 11 is 1.49. The van der Waals surface area contributed by atoms with E-state index in [1.54, 1.807) is 66.1 Å². The van der Waals surface area contributed by atoms with Gasteiger partial charge in [-0.3, -0.25) is 33.9 Å². The van der Waals surface area contributed by atoms with Crippen LogP contribution in [0.1, 0.15) is 56.9 Å². The lowest BCUT2D eigenvalue weighted by atomic mass is 9.85. The third kappa shape index (κ3) is 13.8. The van der Waals surface area contributed by atoms with Crippen molar-refractivity contribution in [1.82, 2.24) is 40.3 Å². The van der Waals surface area contributed by atoms with Gasteiger partial charge in [0.25, 0.3) is 11.5 Å². The number of methoxy groups -OCH3 is 2. The second kappa shape index (κ2) is 24.8. The summed E-state index contributed by atoms with van der Waals surface area (Å²) < 4.78 is 51.0. The van der Waals surface area contributed by atoms with Gasteiger partial charge < -0.3 is 58.9 Å². The van der Waals surface area contributed by atoms with Gasteiger partial charge >= 0.3 is 0 Å². The number of pyridine rings is 2. The fourth-order valence-electron chi connectivity index (χ4n) is 9.51. The highest BCUT2D eigenvalue weighted by Crippen LogP contribution is 2.41. The standard InChI is InChI=1S/C55H69FN8O12S/c1-33-48(77-32-59-33)34-8-9-35(24-58-50(67)43-22-38(65)29-64(43)52(69)49(54(2,3)4)61-53(70)55(56)11-12-55)45(20-34)76-19-18-74-15-14-73-16-17-75-31-47(66)60-37-27-63(28-37)26-36-21-46(72-7)40(23-44(36)71-6)42-30-62(5)51(68)41-25-57-13-10-39(41)42/h8-10,13,20-21,23,25,30,32,37-38,43,49,65H,11-12,14-19,22,24,26-29,31H2,1-7H3,(H,58,67)(H,60,66)(H,61,70)/t38-,43+,49-/m1/s1. The van der Waals surface area contributed by atoms with Crippen molar-refractivity contribution in [1.29, 1.82) is 0 Å². The van der Waals surface area contributed by atoms with E-state index in [4.69, 9.17) is 28.4 Å². The van der Waals surface area contributed by atoms with Gasteiger partial charge in [-0.2, -0.15) is 0 Å². The maximum absolute atomic E-state index is 14.6. The number of likely N-dealkylation sites (tertiary alicyclic amines) is 2. The van der Waals surface area contributed by atoms with Crippen molar-refractivity contribution in [3.63, 3.8) is 0 Å². The van der Waals surface area contributed by atoms with E-state index in [1.807, 2.05) is 43.3 Å². The number of aromatic nitrogens is 3. The number of rotatable bonds is 25. The van der Waals surface area contributed by atoms with E-state index >= 15 is 0 Å². The molecule has 3 aromatic heterocycles. The molecular weight excluding hydrogens is 1020 g/mol. The molecule has 77 heavy (non-hydrogen) atoms. The first-order valence-corrected chi connectivity index (χ1v) is 26.6. The maximum Gasteiger partial charge on any atom is 0.259 e. The number of aliphatic hydroxyl groups excluding tert-OH is 1. The molecule has 2 aromatic carbocycles. The zero-order valence-electron chi connectivity index (χ0n) is 44.6. The quantitative estimate of drug-likeness (QED) is 0.0603. The van der Waals surface area contributed by atoms with E-state index in [0.29, 0.717) is 54.4 Å². The monoisotopic (exact) mass is 1080 g/mol. The molecule has 2 saturated heterocycles. The number of hydrogen-bond donors (Lipinski definition) is 4. The Labute approximate surface area is 450 Å². The molecule has 0 unspecified atom stereocenters. The van der Waals surface area contributed by atoms with Crippen LogP contribution in [0.3, 0.4) is 0 Å². The Morgan fingerprint density at radius 1 is 0.896 bits per heavy atom. The van der Waals surface area contributed by atoms with Crippen molar-refractivity contribution >= 4 is 45.7 Å². The molecule has 0 radical (unpaired) electrons. The number of fused-ring (bicyclic) bond motifs is 1. The molecule has 4 N–H and O–H groups in total. The fraction of sp³-hybridized carbons (Fsp3) is 0.509. The molecule has 0 bridgehead atoms. The number of nitrogens with one attached hydrogen (secondary N) is 3. The van der Waals surface area contributed by atoms with Gasteiger partial charge in [-0.25, -0.2) is 9.37 Å². The molecule has 0 spiro atoms. The SMILES string of the molecule is COc1cc(-c2cn(C)c(=O)c3cnccc23)c(OC)cc1CN1CC(NC(=O)COCCOCCOCCOc2cc(-c3scnc3C)ccc2CNC(=O)[C@@H]2C[C@@H](O)CN2C(=O)[C@@H](NC(=O)C2(F)CC2)C(C)(C)C)C1. The highest BCUT2D eigenvalue weighted by atomic mass is 32.1. The third-order valence-corrected chi connectivity index (χ3v) is 14.9. The summed E-state index contributed by atoms with van der Waals surface area (Å²) in [6.45, 7) is 10.4. The molecule has 8 rings (SSSR count). The molecular formula is C55H69FN8O12S. The highest BCUT2D eigenvalue weighted by Gasteiger charge is 2.53. The average molecular weight is 1090 g/mol. The van der Waals surface area contributed by atoms with Crippen molar-refractivity contribution in [2.75, 3.05) is 80.1 Å². The summed E-state index contributed by atoms with van der Waals surface area (Å²) in [5.41, 5.74) is 3.78. The van der Waals surface area contributed by atoms with Crippen molar-refractivity contribution in [2.24, 2.45) is 12.5 Å². The Morgan fingerprint density at radius 2 is 1.61 bits per heavy atom. The number of aliphatic hydroxyl groups is 1. The zero-order chi connectivity index (χ0) is 55.0. The van der Waals surface area contributed by atoms with Crippen LogP contribution in [-0.4, -0.2) is 163 Å². The predicted molar refractivity (Wildman–Crippen MR) is 285 cm³/mol. The highest BCUT2D eigenvalue weighted by molar-refractivity contribution is 7.13. The number of halogens is 1. The molecule has 1 saturated carbocycles. The van der Waals surface area contributed by atoms with E-state index in [2.05, 4.69) is 30.8 Å². The van der Waals surface area contributed by atoms with Crippen molar-refractivity contribution in [2.45, 2.75) is 89.9 Å². The van der Waals surface area contributed by atoms with Crippen LogP contribution in [0, 0.1) is 12.3 Å². The normalized spacial score (nSPS) is 17.6. The maximum atomic E-state index is 14.6. The number of nitrogens with zero attached hydrogens (tertiary/aromatic N) is 5. The summed E-state index contributed by atoms with van der Waals surface area (Å²) in [6, 6.07) is 9.19. The predicted octanol–water partition coefficient (Wildman–Crippen LogP) is 4.09. The van der Waals surface area contributed by atoms with Crippen LogP contribution < -0.4 is 35.7 Å². The van der Waals surface area contributed by atoms with Gasteiger partial charge in [0.05, 0.1) is 80.9 Å². The number of hydrogen-bond acceptors (Lipinski definition) is 16. The molecule has 4 amide bonds. The number of carbonyl (C=O) groups excluding carboxylic acids is 4. The summed E-state index contributed by atoms with van der Waals surface area (Å²) in [7, 11) is 4.94. The van der Waals surface area contributed by atoms with Gasteiger partial charge in [0, 0.05) is 87.0 Å². The Hall–Kier alpha value is -6.56. The van der Waals surface area contributed by atoms with Crippen LogP contribution in [0.5, 0.6) is 17.2 Å². The molecule has 5 aromatic rings. The van der Waals surface area contributed by atoms with Gasteiger partial charge in [0.2, 0.25) is 17.7 Å². The summed E-state index contributed by atoms with van der Waals surface area (Å²) in [4.78, 5) is 78.8. The smallest absolute Gasteiger partial charge is 0.259 e. The molecule has 3 fully saturated rings. The Balaban J connectivity index is 0.732. The number of amides is 4. The zero-order valence-corrected chi connectivity index (χ0v) is 45.5. The second-order valence-electron chi connectivity index (χ2n) is 20.8. The van der Waals surface area contributed by atoms with Crippen LogP contribution in [0.2, 0.25) is 0 Å². The Bertz CT molecular complexity index is 2990. The number of β-amino-alcohol motifs (C(OH)–C–C–N with tert-alkyl or cyclic N) is 1. The molecule has 3 aliphatic rings. The number of carbonyl (C=O) groups is 4. The van der Waals surface area contributed by atoms with Crippen molar-refractivity contribution < 1.29 is 57.1 Å². The van der Waals surface area contributed by atoms with Gasteiger partial charge in [-0.1, -0.05) is 32.9 Å². The summed E-state index contributed by atoms with van der Waals surface area (Å²) in [6.07, 6.45) is 4.25. The largest absolute Gasteiger partial charge is 0.496 e. The minimum Gasteiger partial charge on any atom is -0.496 e. The van der Waals surface area contributed by atoms with Gasteiger partial charge in [-0.05, 0) is 60.4 Å². The lowest BCUT2D eigenvalue weighted by Gasteiger charge is -2.39. The first-order valence-electron chi connectivity index (χ1n) is 25.7. The van der Waals surface area contributed by atoms with E-state index in [9.17, 15) is 33.5 Å². The van der Waals surface area contributed by atoms with Crippen LogP contribution in [0.4, 0.5) is 4.39 Å². The van der Waals surface area contributed by atoms with Crippen LogP contribution in [0.25, 0.3) is 32.3 Å². The Morgan fingerprint density at radius 3 is 2.29 bits per heavy atom. The molecule has 414 valence electrons. The number of alkyl halides is 1. The van der Waals surface area contributed by atoms with Gasteiger partial charge in [0.1, 0.15) is 42.5 Å². The average Bonchev–Trinajstić information content (AvgIpc) is 3.81. The van der Waals surface area contributed by atoms with E-state index < -0.39 is 47.0 Å². The topological polar surface area (TPSA) is 234 Å². The molecule has 1 aliphatic carbocycles. The lowest BCUT2D eigenvalue weighted by molar-refractivity contribution is -0.145. The van der Waals surface area contributed by atoms with E-state index in [-0.39, 0.29) is 89.5 Å². The van der Waals surface area contributed by atoms with Crippen LogP contribution >= 0.6 is 11.3 Å².